The second-order valence-corrected chi connectivity index (χ2v) is 7.19. The molecule has 1 aliphatic rings. The summed E-state index contributed by atoms with van der Waals surface area (Å²) in [6.07, 6.45) is -2.90. The van der Waals surface area contributed by atoms with Gasteiger partial charge < -0.3 is 15.2 Å². The van der Waals surface area contributed by atoms with Gasteiger partial charge in [0.2, 0.25) is 0 Å². The van der Waals surface area contributed by atoms with Crippen LogP contribution in [-0.4, -0.2) is 39.6 Å². The zero-order valence-corrected chi connectivity index (χ0v) is 16.4. The van der Waals surface area contributed by atoms with Gasteiger partial charge in [0.15, 0.2) is 0 Å². The van der Waals surface area contributed by atoms with Gasteiger partial charge in [-0.3, -0.25) is 9.59 Å². The Hall–Kier alpha value is -2.91. The zero-order valence-electron chi connectivity index (χ0n) is 16.4. The van der Waals surface area contributed by atoms with E-state index in [1.54, 1.807) is 19.9 Å². The Labute approximate surface area is 165 Å². The van der Waals surface area contributed by atoms with Crippen molar-refractivity contribution >= 4 is 11.7 Å². The molecule has 2 aromatic heterocycles. The summed E-state index contributed by atoms with van der Waals surface area (Å²) < 4.78 is 39.9. The Morgan fingerprint density at radius 1 is 1.31 bits per heavy atom. The third-order valence-electron chi connectivity index (χ3n) is 5.09. The van der Waals surface area contributed by atoms with E-state index in [2.05, 4.69) is 20.3 Å². The first kappa shape index (κ1) is 20.8. The molecule has 2 N–H and O–H groups in total. The number of aromatic amines is 1. The van der Waals surface area contributed by atoms with Gasteiger partial charge in [-0.25, -0.2) is 9.97 Å². The molecule has 3 heterocycles. The van der Waals surface area contributed by atoms with Crippen molar-refractivity contribution in [2.75, 3.05) is 11.4 Å². The number of rotatable bonds is 4. The van der Waals surface area contributed by atoms with E-state index < -0.39 is 18.1 Å². The Bertz CT molecular complexity index is 987. The van der Waals surface area contributed by atoms with E-state index in [-0.39, 0.29) is 42.1 Å². The van der Waals surface area contributed by atoms with Crippen LogP contribution < -0.4 is 15.8 Å². The van der Waals surface area contributed by atoms with E-state index in [9.17, 15) is 22.8 Å². The fourth-order valence-electron chi connectivity index (χ4n) is 3.67. The average Bonchev–Trinajstić information content (AvgIpc) is 3.10. The fraction of sp³-hybridized carbons (Fsp3) is 0.474. The quantitative estimate of drug-likeness (QED) is 0.810. The van der Waals surface area contributed by atoms with E-state index in [1.807, 2.05) is 0 Å². The van der Waals surface area contributed by atoms with Crippen LogP contribution in [0.5, 0.6) is 0 Å². The maximum Gasteiger partial charge on any atom is 0.408 e. The largest absolute Gasteiger partial charge is 0.408 e. The fourth-order valence-corrected chi connectivity index (χ4v) is 3.67. The minimum Gasteiger partial charge on any atom is -0.346 e. The third-order valence-corrected chi connectivity index (χ3v) is 5.09. The molecule has 10 heteroatoms. The summed E-state index contributed by atoms with van der Waals surface area (Å²) in [6, 6.07) is 0.169. The molecule has 3 rings (SSSR count). The summed E-state index contributed by atoms with van der Waals surface area (Å²) in [4.78, 5) is 36.5. The number of hydrogen-bond acceptors (Lipinski definition) is 5. The number of H-pyrrole nitrogens is 1. The number of amides is 1. The number of anilines is 1. The predicted octanol–water partition coefficient (Wildman–Crippen LogP) is 2.55. The van der Waals surface area contributed by atoms with Gasteiger partial charge >= 0.3 is 6.18 Å². The lowest BCUT2D eigenvalue weighted by Crippen LogP contribution is -2.42. The standard InChI is InChI=1S/C19H22F3N5O2/c1-10-7-11(2)26-17(28)13(10)8-23-18(29)15-12(3)16(25-9-24-15)27-6-4-5-14(27)19(20,21)22/h7,9,14H,4-6,8H2,1-3H3,(H,23,29)(H,26,28). The number of nitrogens with zero attached hydrogens (tertiary/aromatic N) is 3. The van der Waals surface area contributed by atoms with Gasteiger partial charge in [0.1, 0.15) is 23.9 Å². The summed E-state index contributed by atoms with van der Waals surface area (Å²) in [6.45, 7) is 5.24. The predicted molar refractivity (Wildman–Crippen MR) is 101 cm³/mol. The molecule has 29 heavy (non-hydrogen) atoms. The number of alkyl halides is 3. The van der Waals surface area contributed by atoms with E-state index in [0.717, 1.165) is 11.9 Å². The molecular formula is C19H22F3N5O2. The Balaban J connectivity index is 1.83. The Morgan fingerprint density at radius 2 is 2.03 bits per heavy atom. The highest BCUT2D eigenvalue weighted by Gasteiger charge is 2.47. The number of hydrogen-bond donors (Lipinski definition) is 2. The van der Waals surface area contributed by atoms with Crippen LogP contribution in [0.3, 0.4) is 0 Å². The first-order valence-electron chi connectivity index (χ1n) is 9.22. The smallest absolute Gasteiger partial charge is 0.346 e. The van der Waals surface area contributed by atoms with Crippen molar-refractivity contribution in [3.8, 4) is 0 Å². The number of nitrogens with one attached hydrogen (secondary N) is 2. The molecule has 0 bridgehead atoms. The van der Waals surface area contributed by atoms with E-state index in [0.29, 0.717) is 17.7 Å². The maximum absolute atomic E-state index is 13.3. The highest BCUT2D eigenvalue weighted by Crippen LogP contribution is 2.36. The molecule has 1 saturated heterocycles. The summed E-state index contributed by atoms with van der Waals surface area (Å²) in [5, 5.41) is 2.63. The number of pyridine rings is 1. The highest BCUT2D eigenvalue weighted by atomic mass is 19.4. The number of carbonyl (C=O) groups is 1. The third kappa shape index (κ3) is 4.25. The van der Waals surface area contributed by atoms with Crippen LogP contribution >= 0.6 is 0 Å². The van der Waals surface area contributed by atoms with Crippen molar-refractivity contribution in [3.63, 3.8) is 0 Å². The van der Waals surface area contributed by atoms with Crippen molar-refractivity contribution in [3.05, 3.63) is 50.8 Å². The minimum absolute atomic E-state index is 0.00997. The molecule has 1 aliphatic heterocycles. The van der Waals surface area contributed by atoms with Crippen LogP contribution in [0, 0.1) is 20.8 Å². The van der Waals surface area contributed by atoms with Gasteiger partial charge in [0.25, 0.3) is 11.5 Å². The van der Waals surface area contributed by atoms with Crippen LogP contribution in [0.1, 0.15) is 45.7 Å². The lowest BCUT2D eigenvalue weighted by molar-refractivity contribution is -0.146. The van der Waals surface area contributed by atoms with E-state index in [4.69, 9.17) is 0 Å². The lowest BCUT2D eigenvalue weighted by atomic mass is 10.1. The van der Waals surface area contributed by atoms with Crippen LogP contribution in [0.15, 0.2) is 17.2 Å². The minimum atomic E-state index is -4.37. The molecule has 0 radical (unpaired) electrons. The second-order valence-electron chi connectivity index (χ2n) is 7.19. The molecular weight excluding hydrogens is 387 g/mol. The normalized spacial score (nSPS) is 16.9. The molecule has 1 unspecified atom stereocenters. The number of carbonyl (C=O) groups excluding carboxylic acids is 1. The van der Waals surface area contributed by atoms with Crippen molar-refractivity contribution in [2.45, 2.75) is 52.4 Å². The molecule has 7 nitrogen and oxygen atoms in total. The summed E-state index contributed by atoms with van der Waals surface area (Å²) in [5.41, 5.74) is 1.82. The summed E-state index contributed by atoms with van der Waals surface area (Å²) in [7, 11) is 0. The van der Waals surface area contributed by atoms with Crippen molar-refractivity contribution in [2.24, 2.45) is 0 Å². The SMILES string of the molecule is Cc1cc(C)c(CNC(=O)c2ncnc(N3CCCC3C(F)(F)F)c2C)c(=O)[nH]1. The van der Waals surface area contributed by atoms with Crippen LogP contribution in [-0.2, 0) is 6.54 Å². The van der Waals surface area contributed by atoms with Crippen molar-refractivity contribution in [1.29, 1.82) is 0 Å². The zero-order chi connectivity index (χ0) is 21.3. The maximum atomic E-state index is 13.3. The van der Waals surface area contributed by atoms with Gasteiger partial charge in [-0.1, -0.05) is 0 Å². The summed E-state index contributed by atoms with van der Waals surface area (Å²) >= 11 is 0. The molecule has 1 fully saturated rings. The van der Waals surface area contributed by atoms with E-state index >= 15 is 0 Å². The van der Waals surface area contributed by atoms with Gasteiger partial charge in [0.05, 0.1) is 0 Å². The molecule has 0 spiro atoms. The number of halogens is 3. The van der Waals surface area contributed by atoms with Gasteiger partial charge in [-0.2, -0.15) is 13.2 Å². The van der Waals surface area contributed by atoms with Gasteiger partial charge in [-0.05, 0) is 45.2 Å². The summed E-state index contributed by atoms with van der Waals surface area (Å²) in [5.74, 6) is -0.470. The first-order valence-corrected chi connectivity index (χ1v) is 9.22. The molecule has 0 saturated carbocycles. The number of aromatic nitrogens is 3. The number of aryl methyl sites for hydroxylation is 2. The van der Waals surface area contributed by atoms with Crippen LogP contribution in [0.2, 0.25) is 0 Å². The molecule has 0 aromatic carbocycles. The molecule has 0 aliphatic carbocycles. The highest BCUT2D eigenvalue weighted by molar-refractivity contribution is 5.94. The Morgan fingerprint density at radius 3 is 2.69 bits per heavy atom. The molecule has 1 atom stereocenters. The van der Waals surface area contributed by atoms with Crippen LogP contribution in [0.4, 0.5) is 19.0 Å². The molecule has 1 amide bonds. The Kier molecular flexibility index (Phi) is 5.63. The lowest BCUT2D eigenvalue weighted by Gasteiger charge is -2.28. The second kappa shape index (κ2) is 7.84. The molecule has 156 valence electrons. The van der Waals surface area contributed by atoms with Crippen molar-refractivity contribution < 1.29 is 18.0 Å². The first-order chi connectivity index (χ1) is 13.6. The average molecular weight is 409 g/mol. The van der Waals surface area contributed by atoms with Crippen molar-refractivity contribution in [1.82, 2.24) is 20.3 Å². The van der Waals surface area contributed by atoms with Crippen LogP contribution in [0.25, 0.3) is 0 Å². The van der Waals surface area contributed by atoms with E-state index in [1.165, 1.54) is 11.8 Å². The monoisotopic (exact) mass is 409 g/mol. The van der Waals surface area contributed by atoms with Gasteiger partial charge in [-0.15, -0.1) is 0 Å². The van der Waals surface area contributed by atoms with Gasteiger partial charge in [0, 0.05) is 29.9 Å². The molecule has 2 aromatic rings. The topological polar surface area (TPSA) is 91.0 Å².